The van der Waals surface area contributed by atoms with E-state index in [2.05, 4.69) is 0 Å². The number of nitrogens with two attached hydrogens (primary N) is 1. The Bertz CT molecular complexity index is 734. The van der Waals surface area contributed by atoms with Crippen LogP contribution >= 0.6 is 11.6 Å². The minimum Gasteiger partial charge on any atom is -0.486 e. The Labute approximate surface area is 135 Å². The summed E-state index contributed by atoms with van der Waals surface area (Å²) in [5.74, 6) is 0.664. The van der Waals surface area contributed by atoms with Crippen LogP contribution in [0.4, 0.5) is 13.2 Å². The van der Waals surface area contributed by atoms with E-state index in [0.717, 1.165) is 6.07 Å². The molecule has 2 aromatic carbocycles. The third-order valence-corrected chi connectivity index (χ3v) is 3.76. The zero-order valence-electron chi connectivity index (χ0n) is 11.9. The van der Waals surface area contributed by atoms with Gasteiger partial charge in [-0.05, 0) is 23.8 Å². The van der Waals surface area contributed by atoms with Gasteiger partial charge in [0.25, 0.3) is 0 Å². The Hall–Kier alpha value is -1.92. The van der Waals surface area contributed by atoms with E-state index in [-0.39, 0.29) is 29.5 Å². The van der Waals surface area contributed by atoms with Gasteiger partial charge in [-0.2, -0.15) is 13.2 Å². The summed E-state index contributed by atoms with van der Waals surface area (Å²) < 4.78 is 51.3. The summed E-state index contributed by atoms with van der Waals surface area (Å²) in [5.41, 5.74) is 5.03. The first-order chi connectivity index (χ1) is 10.9. The molecule has 0 fully saturated rings. The van der Waals surface area contributed by atoms with Crippen LogP contribution in [0.5, 0.6) is 11.5 Å². The van der Waals surface area contributed by atoms with Crippen LogP contribution in [-0.4, -0.2) is 19.3 Å². The number of benzene rings is 2. The van der Waals surface area contributed by atoms with Gasteiger partial charge in [0.1, 0.15) is 12.7 Å². The number of para-hydroxylation sites is 1. The molecule has 1 atom stereocenters. The van der Waals surface area contributed by atoms with E-state index in [4.69, 9.17) is 26.8 Å². The van der Waals surface area contributed by atoms with E-state index >= 15 is 0 Å². The lowest BCUT2D eigenvalue weighted by atomic mass is 9.97. The highest BCUT2D eigenvalue weighted by atomic mass is 35.5. The first-order valence-electron chi connectivity index (χ1n) is 6.90. The smallest absolute Gasteiger partial charge is 0.417 e. The van der Waals surface area contributed by atoms with Crippen molar-refractivity contribution >= 4 is 11.6 Å². The molecule has 0 spiro atoms. The van der Waals surface area contributed by atoms with Crippen molar-refractivity contribution in [3.8, 4) is 22.6 Å². The van der Waals surface area contributed by atoms with Crippen molar-refractivity contribution < 1.29 is 22.6 Å². The van der Waals surface area contributed by atoms with Gasteiger partial charge in [-0.25, -0.2) is 0 Å². The second-order valence-electron chi connectivity index (χ2n) is 5.11. The van der Waals surface area contributed by atoms with Gasteiger partial charge in [0, 0.05) is 17.1 Å². The van der Waals surface area contributed by atoms with Gasteiger partial charge in [0.2, 0.25) is 0 Å². The van der Waals surface area contributed by atoms with Crippen LogP contribution in [0.15, 0.2) is 36.4 Å². The van der Waals surface area contributed by atoms with Crippen molar-refractivity contribution in [1.29, 1.82) is 0 Å². The number of hydrogen-bond acceptors (Lipinski definition) is 3. The Balaban J connectivity index is 2.17. The molecule has 122 valence electrons. The maximum atomic E-state index is 13.3. The molecule has 0 saturated heterocycles. The van der Waals surface area contributed by atoms with Gasteiger partial charge < -0.3 is 15.2 Å². The molecular weight excluding hydrogens is 331 g/mol. The molecule has 3 rings (SSSR count). The first-order valence-corrected chi connectivity index (χ1v) is 7.27. The van der Waals surface area contributed by atoms with Crippen molar-refractivity contribution in [3.05, 3.63) is 47.0 Å². The SMILES string of the molecule is NC[C@H]1COc2cccc(-c3ccc(Cl)cc3C(F)(F)F)c2O1. The summed E-state index contributed by atoms with van der Waals surface area (Å²) in [5, 5.41) is 0.0166. The quantitative estimate of drug-likeness (QED) is 0.892. The van der Waals surface area contributed by atoms with Gasteiger partial charge >= 0.3 is 6.18 Å². The zero-order chi connectivity index (χ0) is 16.6. The minimum atomic E-state index is -4.54. The molecule has 23 heavy (non-hydrogen) atoms. The second kappa shape index (κ2) is 5.94. The van der Waals surface area contributed by atoms with Crippen molar-refractivity contribution in [2.45, 2.75) is 12.3 Å². The van der Waals surface area contributed by atoms with E-state index in [1.165, 1.54) is 12.1 Å². The number of ether oxygens (including phenoxy) is 2. The number of hydrogen-bond donors (Lipinski definition) is 1. The molecule has 1 heterocycles. The van der Waals surface area contributed by atoms with Gasteiger partial charge in [0.15, 0.2) is 11.5 Å². The Morgan fingerprint density at radius 2 is 1.96 bits per heavy atom. The lowest BCUT2D eigenvalue weighted by molar-refractivity contribution is -0.137. The lowest BCUT2D eigenvalue weighted by Crippen LogP contribution is -2.35. The molecule has 0 aromatic heterocycles. The molecule has 0 bridgehead atoms. The molecule has 7 heteroatoms. The van der Waals surface area contributed by atoms with Crippen molar-refractivity contribution in [2.75, 3.05) is 13.2 Å². The monoisotopic (exact) mass is 343 g/mol. The highest BCUT2D eigenvalue weighted by Gasteiger charge is 2.35. The van der Waals surface area contributed by atoms with Crippen LogP contribution < -0.4 is 15.2 Å². The van der Waals surface area contributed by atoms with Crippen molar-refractivity contribution in [2.24, 2.45) is 5.73 Å². The fraction of sp³-hybridized carbons (Fsp3) is 0.250. The third-order valence-electron chi connectivity index (χ3n) is 3.53. The highest BCUT2D eigenvalue weighted by molar-refractivity contribution is 6.30. The van der Waals surface area contributed by atoms with Gasteiger partial charge in [0.05, 0.1) is 5.56 Å². The lowest BCUT2D eigenvalue weighted by Gasteiger charge is -2.28. The summed E-state index contributed by atoms with van der Waals surface area (Å²) in [6.07, 6.45) is -4.93. The van der Waals surface area contributed by atoms with Crippen LogP contribution in [0.3, 0.4) is 0 Å². The van der Waals surface area contributed by atoms with Gasteiger partial charge in [-0.1, -0.05) is 29.8 Å². The minimum absolute atomic E-state index is 0.0139. The topological polar surface area (TPSA) is 44.5 Å². The Morgan fingerprint density at radius 1 is 1.17 bits per heavy atom. The van der Waals surface area contributed by atoms with Crippen LogP contribution in [0.1, 0.15) is 5.56 Å². The molecule has 1 aliphatic heterocycles. The predicted octanol–water partition coefficient (Wildman–Crippen LogP) is 4.12. The Kier molecular flexibility index (Phi) is 4.12. The summed E-state index contributed by atoms with van der Waals surface area (Å²) in [7, 11) is 0. The molecule has 2 N–H and O–H groups in total. The molecule has 0 unspecified atom stereocenters. The molecular formula is C16H13ClF3NO2. The van der Waals surface area contributed by atoms with Crippen LogP contribution in [0.2, 0.25) is 5.02 Å². The van der Waals surface area contributed by atoms with E-state index < -0.39 is 17.8 Å². The Morgan fingerprint density at radius 3 is 2.65 bits per heavy atom. The average Bonchev–Trinajstić information content (AvgIpc) is 2.53. The van der Waals surface area contributed by atoms with Gasteiger partial charge in [-0.15, -0.1) is 0 Å². The van der Waals surface area contributed by atoms with Crippen LogP contribution in [0, 0.1) is 0 Å². The van der Waals surface area contributed by atoms with Gasteiger partial charge in [-0.3, -0.25) is 0 Å². The molecule has 0 amide bonds. The summed E-state index contributed by atoms with van der Waals surface area (Å²) in [6, 6.07) is 8.47. The van der Waals surface area contributed by atoms with Crippen molar-refractivity contribution in [3.63, 3.8) is 0 Å². The van der Waals surface area contributed by atoms with Crippen molar-refractivity contribution in [1.82, 2.24) is 0 Å². The molecule has 3 nitrogen and oxygen atoms in total. The maximum Gasteiger partial charge on any atom is 0.417 e. The molecule has 0 aliphatic carbocycles. The molecule has 1 aliphatic rings. The molecule has 2 aromatic rings. The fourth-order valence-corrected chi connectivity index (χ4v) is 2.62. The standard InChI is InChI=1S/C16H13ClF3NO2/c17-9-4-5-11(13(6-9)16(18,19)20)12-2-1-3-14-15(12)23-10(7-21)8-22-14/h1-6,10H,7-8,21H2/t10-/m0/s1. The fourth-order valence-electron chi connectivity index (χ4n) is 2.45. The molecule has 0 radical (unpaired) electrons. The predicted molar refractivity (Wildman–Crippen MR) is 80.9 cm³/mol. The molecule has 0 saturated carbocycles. The zero-order valence-corrected chi connectivity index (χ0v) is 12.6. The number of fused-ring (bicyclic) bond motifs is 1. The third kappa shape index (κ3) is 3.09. The van der Waals surface area contributed by atoms with E-state index in [1.807, 2.05) is 0 Å². The number of halogens is 4. The van der Waals surface area contributed by atoms with Crippen LogP contribution in [-0.2, 0) is 6.18 Å². The summed E-state index contributed by atoms with van der Waals surface area (Å²) in [4.78, 5) is 0. The van der Waals surface area contributed by atoms with E-state index in [0.29, 0.717) is 11.3 Å². The van der Waals surface area contributed by atoms with E-state index in [1.54, 1.807) is 18.2 Å². The first kappa shape index (κ1) is 16.0. The van der Waals surface area contributed by atoms with E-state index in [9.17, 15) is 13.2 Å². The number of alkyl halides is 3. The van der Waals surface area contributed by atoms with Crippen LogP contribution in [0.25, 0.3) is 11.1 Å². The average molecular weight is 344 g/mol. The summed E-state index contributed by atoms with van der Waals surface area (Å²) >= 11 is 5.73. The maximum absolute atomic E-state index is 13.3. The highest BCUT2D eigenvalue weighted by Crippen LogP contribution is 2.45. The normalized spacial score (nSPS) is 17.2. The number of rotatable bonds is 2. The largest absolute Gasteiger partial charge is 0.486 e. The second-order valence-corrected chi connectivity index (χ2v) is 5.54. The summed E-state index contributed by atoms with van der Waals surface area (Å²) in [6.45, 7) is 0.472.